The highest BCUT2D eigenvalue weighted by Crippen LogP contribution is 2.46. The third-order valence-electron chi connectivity index (χ3n) is 7.88. The molecule has 0 saturated carbocycles. The number of hydrogen-bond donors (Lipinski definition) is 0. The Morgan fingerprint density at radius 2 is 1.26 bits per heavy atom. The van der Waals surface area contributed by atoms with E-state index in [1.54, 1.807) is 0 Å². The van der Waals surface area contributed by atoms with Gasteiger partial charge in [0.05, 0.1) is 11.1 Å². The van der Waals surface area contributed by atoms with Crippen LogP contribution in [0.2, 0.25) is 0 Å². The first kappa shape index (κ1) is 23.3. The molecule has 9 aromatic rings. The summed E-state index contributed by atoms with van der Waals surface area (Å²) in [6.45, 7) is 0. The zero-order valence-corrected chi connectivity index (χ0v) is 23.1. The molecule has 0 unspecified atom stereocenters. The highest BCUT2D eigenvalue weighted by atomic mass is 32.1. The van der Waals surface area contributed by atoms with Crippen LogP contribution in [0, 0.1) is 0 Å². The van der Waals surface area contributed by atoms with Crippen molar-refractivity contribution in [2.24, 2.45) is 0 Å². The number of hydrogen-bond acceptors (Lipinski definition) is 5. The quantitative estimate of drug-likeness (QED) is 0.215. The highest BCUT2D eigenvalue weighted by molar-refractivity contribution is 7.25. The van der Waals surface area contributed by atoms with E-state index in [2.05, 4.69) is 83.8 Å². The lowest BCUT2D eigenvalue weighted by Crippen LogP contribution is -2.10. The fourth-order valence-electron chi connectivity index (χ4n) is 5.99. The molecule has 9 rings (SSSR count). The monoisotopic (exact) mass is 558 g/mol. The Labute approximate surface area is 244 Å². The van der Waals surface area contributed by atoms with Crippen LogP contribution >= 0.6 is 11.3 Å². The second-order valence-electron chi connectivity index (χ2n) is 10.4. The summed E-state index contributed by atoms with van der Waals surface area (Å²) in [5.74, 6) is 0.581. The van der Waals surface area contributed by atoms with Gasteiger partial charge in [-0.2, -0.15) is 0 Å². The molecule has 0 spiro atoms. The van der Waals surface area contributed by atoms with Gasteiger partial charge in [0, 0.05) is 48.6 Å². The van der Waals surface area contributed by atoms with Gasteiger partial charge in [-0.25, -0.2) is 4.98 Å². The molecule has 5 heteroatoms. The number of anilines is 3. The number of aromatic nitrogens is 1. The molecule has 0 aliphatic heterocycles. The molecule has 0 bridgehead atoms. The van der Waals surface area contributed by atoms with Gasteiger partial charge >= 0.3 is 0 Å². The summed E-state index contributed by atoms with van der Waals surface area (Å²) in [7, 11) is 0. The van der Waals surface area contributed by atoms with Crippen molar-refractivity contribution in [2.45, 2.75) is 0 Å². The summed E-state index contributed by atoms with van der Waals surface area (Å²) >= 11 is 1.81. The smallest absolute Gasteiger partial charge is 0.227 e. The Kier molecular flexibility index (Phi) is 5.03. The Balaban J connectivity index is 1.37. The number of fused-ring (bicyclic) bond motifs is 8. The molecule has 198 valence electrons. The van der Waals surface area contributed by atoms with Crippen LogP contribution in [0.1, 0.15) is 0 Å². The maximum absolute atomic E-state index is 6.61. The van der Waals surface area contributed by atoms with Gasteiger partial charge in [0.15, 0.2) is 5.58 Å². The number of thiophene rings is 1. The van der Waals surface area contributed by atoms with Gasteiger partial charge in [-0.3, -0.25) is 0 Å². The lowest BCUT2D eigenvalue weighted by molar-refractivity contribution is 0.622. The van der Waals surface area contributed by atoms with E-state index in [1.165, 1.54) is 20.2 Å². The first-order valence-corrected chi connectivity index (χ1v) is 14.7. The van der Waals surface area contributed by atoms with Crippen LogP contribution in [0.15, 0.2) is 142 Å². The largest absolute Gasteiger partial charge is 0.456 e. The molecule has 0 aliphatic carbocycles. The SMILES string of the molecule is c1ccc(-c2nc3c(N(c4ccccc4)c4ccc5c(c4)sc4ccccc45)cc4oc5ccccc5c4c3o2)cc1. The third-order valence-corrected chi connectivity index (χ3v) is 9.02. The fraction of sp³-hybridized carbons (Fsp3) is 0. The molecule has 6 aromatic carbocycles. The lowest BCUT2D eigenvalue weighted by Gasteiger charge is -2.25. The Bertz CT molecular complexity index is 2420. The number of nitrogens with zero attached hydrogens (tertiary/aromatic N) is 2. The van der Waals surface area contributed by atoms with Crippen LogP contribution in [0.4, 0.5) is 17.1 Å². The van der Waals surface area contributed by atoms with Crippen LogP contribution in [-0.2, 0) is 0 Å². The van der Waals surface area contributed by atoms with E-state index in [0.717, 1.165) is 55.7 Å². The van der Waals surface area contributed by atoms with Crippen molar-refractivity contribution in [3.05, 3.63) is 133 Å². The van der Waals surface area contributed by atoms with Crippen molar-refractivity contribution < 1.29 is 8.83 Å². The van der Waals surface area contributed by atoms with Crippen molar-refractivity contribution in [3.63, 3.8) is 0 Å². The zero-order valence-electron chi connectivity index (χ0n) is 22.3. The predicted octanol–water partition coefficient (Wildman–Crippen LogP) is 11.2. The fourth-order valence-corrected chi connectivity index (χ4v) is 7.13. The van der Waals surface area contributed by atoms with Crippen LogP contribution in [-0.4, -0.2) is 4.98 Å². The first-order chi connectivity index (χ1) is 20.8. The topological polar surface area (TPSA) is 42.4 Å². The molecule has 0 radical (unpaired) electrons. The molecule has 0 fully saturated rings. The molecule has 42 heavy (non-hydrogen) atoms. The summed E-state index contributed by atoms with van der Waals surface area (Å²) in [6, 6.07) is 46.0. The number of furan rings is 1. The van der Waals surface area contributed by atoms with Gasteiger partial charge in [-0.1, -0.05) is 78.9 Å². The van der Waals surface area contributed by atoms with Crippen LogP contribution < -0.4 is 4.90 Å². The van der Waals surface area contributed by atoms with E-state index >= 15 is 0 Å². The minimum absolute atomic E-state index is 0.581. The summed E-state index contributed by atoms with van der Waals surface area (Å²) in [6.07, 6.45) is 0. The average Bonchev–Trinajstić information content (AvgIpc) is 3.75. The predicted molar refractivity (Wildman–Crippen MR) is 174 cm³/mol. The standard InChI is InChI=1S/C37H22N2O2S/c1-3-11-23(12-4-1)37-38-35-29(22-31-34(36(35)41-37)28-16-7-9-17-30(28)40-31)39(24-13-5-2-6-14-24)25-19-20-27-26-15-8-10-18-32(26)42-33(27)21-25/h1-22H. The van der Waals surface area contributed by atoms with E-state index in [4.69, 9.17) is 13.8 Å². The van der Waals surface area contributed by atoms with Gasteiger partial charge < -0.3 is 13.7 Å². The zero-order chi connectivity index (χ0) is 27.6. The summed E-state index contributed by atoms with van der Waals surface area (Å²) < 4.78 is 15.6. The molecule has 3 heterocycles. The Morgan fingerprint density at radius 3 is 2.12 bits per heavy atom. The summed E-state index contributed by atoms with van der Waals surface area (Å²) in [5.41, 5.74) is 6.98. The van der Waals surface area contributed by atoms with E-state index in [0.29, 0.717) is 5.89 Å². The van der Waals surface area contributed by atoms with E-state index in [9.17, 15) is 0 Å². The molecule has 0 aliphatic rings. The molecule has 0 saturated heterocycles. The van der Waals surface area contributed by atoms with Gasteiger partial charge in [0.2, 0.25) is 5.89 Å². The van der Waals surface area contributed by atoms with Crippen LogP contribution in [0.5, 0.6) is 0 Å². The van der Waals surface area contributed by atoms with Crippen molar-refractivity contribution in [1.29, 1.82) is 0 Å². The van der Waals surface area contributed by atoms with Crippen molar-refractivity contribution in [2.75, 3.05) is 4.90 Å². The molecule has 0 atom stereocenters. The molecule has 4 nitrogen and oxygen atoms in total. The van der Waals surface area contributed by atoms with Gasteiger partial charge in [0.1, 0.15) is 16.7 Å². The van der Waals surface area contributed by atoms with E-state index < -0.39 is 0 Å². The van der Waals surface area contributed by atoms with Crippen molar-refractivity contribution in [3.8, 4) is 11.5 Å². The number of para-hydroxylation sites is 2. The van der Waals surface area contributed by atoms with Crippen LogP contribution in [0.3, 0.4) is 0 Å². The second-order valence-corrected chi connectivity index (χ2v) is 11.5. The molecular weight excluding hydrogens is 536 g/mol. The van der Waals surface area contributed by atoms with Crippen molar-refractivity contribution >= 4 is 81.6 Å². The summed E-state index contributed by atoms with van der Waals surface area (Å²) in [5, 5.41) is 4.49. The molecular formula is C37H22N2O2S. The van der Waals surface area contributed by atoms with Crippen LogP contribution in [0.25, 0.3) is 64.7 Å². The molecule has 0 amide bonds. The minimum Gasteiger partial charge on any atom is -0.456 e. The number of rotatable bonds is 4. The lowest BCUT2D eigenvalue weighted by atomic mass is 10.1. The summed E-state index contributed by atoms with van der Waals surface area (Å²) in [4.78, 5) is 7.40. The maximum Gasteiger partial charge on any atom is 0.227 e. The molecule has 3 aromatic heterocycles. The number of oxazole rings is 1. The highest BCUT2D eigenvalue weighted by Gasteiger charge is 2.25. The van der Waals surface area contributed by atoms with Gasteiger partial charge in [-0.15, -0.1) is 11.3 Å². The number of benzene rings is 6. The third kappa shape index (κ3) is 3.51. The Morgan fingerprint density at radius 1 is 0.548 bits per heavy atom. The van der Waals surface area contributed by atoms with E-state index in [1.807, 2.05) is 65.9 Å². The average molecular weight is 559 g/mol. The molecule has 0 N–H and O–H groups in total. The minimum atomic E-state index is 0.581. The second kappa shape index (κ2) is 9.06. The maximum atomic E-state index is 6.61. The first-order valence-electron chi connectivity index (χ1n) is 13.9. The van der Waals surface area contributed by atoms with E-state index in [-0.39, 0.29) is 0 Å². The van der Waals surface area contributed by atoms with Crippen molar-refractivity contribution in [1.82, 2.24) is 4.98 Å². The van der Waals surface area contributed by atoms with Gasteiger partial charge in [0.25, 0.3) is 0 Å². The van der Waals surface area contributed by atoms with Gasteiger partial charge in [-0.05, 0) is 48.5 Å². The normalized spacial score (nSPS) is 11.8. The Hall–Kier alpha value is -5.39.